The summed E-state index contributed by atoms with van der Waals surface area (Å²) in [6.45, 7) is 0.455. The molecule has 24 heavy (non-hydrogen) atoms. The van der Waals surface area contributed by atoms with Crippen LogP contribution in [0.2, 0.25) is 0 Å². The standard InChI is InChI=1S/C18H20N2O4/c1-23-13-16(17(21)19-12-14-8-4-2-5-9-14)20-24-18(22)15-10-6-3-7-11-15/h2-11,16,20H,12-13H2,1H3,(H,19,21)/t16-/m1/s1. The highest BCUT2D eigenvalue weighted by molar-refractivity contribution is 5.89. The van der Waals surface area contributed by atoms with Crippen LogP contribution in [0.15, 0.2) is 60.7 Å². The van der Waals surface area contributed by atoms with E-state index in [4.69, 9.17) is 9.57 Å². The predicted molar refractivity (Wildman–Crippen MR) is 88.9 cm³/mol. The van der Waals surface area contributed by atoms with Crippen LogP contribution in [-0.2, 0) is 20.9 Å². The first kappa shape index (κ1) is 17.7. The van der Waals surface area contributed by atoms with E-state index in [2.05, 4.69) is 10.8 Å². The van der Waals surface area contributed by atoms with Crippen LogP contribution in [0.25, 0.3) is 0 Å². The highest BCUT2D eigenvalue weighted by Gasteiger charge is 2.20. The van der Waals surface area contributed by atoms with Crippen molar-refractivity contribution in [2.75, 3.05) is 13.7 Å². The van der Waals surface area contributed by atoms with Crippen molar-refractivity contribution >= 4 is 11.9 Å². The minimum atomic E-state index is -0.800. The SMILES string of the molecule is COC[C@@H](NOC(=O)c1ccccc1)C(=O)NCc1ccccc1. The molecule has 1 amide bonds. The fourth-order valence-electron chi connectivity index (χ4n) is 2.00. The Morgan fingerprint density at radius 2 is 1.62 bits per heavy atom. The molecule has 0 aliphatic carbocycles. The van der Waals surface area contributed by atoms with E-state index >= 15 is 0 Å². The van der Waals surface area contributed by atoms with E-state index in [0.717, 1.165) is 5.56 Å². The largest absolute Gasteiger partial charge is 0.382 e. The molecule has 0 heterocycles. The second-order valence-corrected chi connectivity index (χ2v) is 5.08. The molecule has 2 rings (SSSR count). The molecule has 0 fully saturated rings. The van der Waals surface area contributed by atoms with Crippen molar-refractivity contribution in [2.24, 2.45) is 0 Å². The maximum Gasteiger partial charge on any atom is 0.356 e. The van der Waals surface area contributed by atoms with Crippen molar-refractivity contribution in [2.45, 2.75) is 12.6 Å². The Hall–Kier alpha value is -2.70. The summed E-state index contributed by atoms with van der Waals surface area (Å²) in [4.78, 5) is 29.1. The van der Waals surface area contributed by atoms with Gasteiger partial charge in [-0.05, 0) is 17.7 Å². The number of hydrogen-bond acceptors (Lipinski definition) is 5. The Labute approximate surface area is 140 Å². The van der Waals surface area contributed by atoms with Gasteiger partial charge < -0.3 is 14.9 Å². The summed E-state index contributed by atoms with van der Waals surface area (Å²) in [7, 11) is 1.47. The van der Waals surface area contributed by atoms with Crippen molar-refractivity contribution in [1.82, 2.24) is 10.8 Å². The summed E-state index contributed by atoms with van der Waals surface area (Å²) in [6, 6.07) is 17.2. The molecular formula is C18H20N2O4. The lowest BCUT2D eigenvalue weighted by Gasteiger charge is -2.17. The topological polar surface area (TPSA) is 76.7 Å². The average molecular weight is 328 g/mol. The maximum atomic E-state index is 12.2. The summed E-state index contributed by atoms with van der Waals surface area (Å²) in [5, 5.41) is 2.77. The van der Waals surface area contributed by atoms with Crippen LogP contribution in [0.4, 0.5) is 0 Å². The number of hydroxylamine groups is 1. The van der Waals surface area contributed by atoms with E-state index in [-0.39, 0.29) is 12.5 Å². The lowest BCUT2D eigenvalue weighted by Crippen LogP contribution is -2.47. The molecule has 6 nitrogen and oxygen atoms in total. The molecule has 0 bridgehead atoms. The van der Waals surface area contributed by atoms with Gasteiger partial charge in [-0.25, -0.2) is 4.79 Å². The van der Waals surface area contributed by atoms with Crippen LogP contribution in [0, 0.1) is 0 Å². The quantitative estimate of drug-likeness (QED) is 0.721. The Morgan fingerprint density at radius 3 is 2.25 bits per heavy atom. The van der Waals surface area contributed by atoms with Crippen LogP contribution in [0.1, 0.15) is 15.9 Å². The van der Waals surface area contributed by atoms with Gasteiger partial charge in [-0.15, -0.1) is 5.48 Å². The maximum absolute atomic E-state index is 12.2. The van der Waals surface area contributed by atoms with Gasteiger partial charge in [0, 0.05) is 13.7 Å². The third kappa shape index (κ3) is 5.49. The Balaban J connectivity index is 1.86. The molecule has 2 aromatic rings. The van der Waals surface area contributed by atoms with Crippen LogP contribution in [-0.4, -0.2) is 31.6 Å². The highest BCUT2D eigenvalue weighted by atomic mass is 16.7. The van der Waals surface area contributed by atoms with Gasteiger partial charge in [0.05, 0.1) is 12.2 Å². The summed E-state index contributed by atoms with van der Waals surface area (Å²) >= 11 is 0. The Bertz CT molecular complexity index is 647. The monoisotopic (exact) mass is 328 g/mol. The van der Waals surface area contributed by atoms with Crippen molar-refractivity contribution in [3.63, 3.8) is 0 Å². The van der Waals surface area contributed by atoms with Crippen molar-refractivity contribution in [3.05, 3.63) is 71.8 Å². The van der Waals surface area contributed by atoms with Crippen molar-refractivity contribution in [3.8, 4) is 0 Å². The van der Waals surface area contributed by atoms with Gasteiger partial charge in [-0.3, -0.25) is 4.79 Å². The number of nitrogens with one attached hydrogen (secondary N) is 2. The number of ether oxygens (including phenoxy) is 1. The fraction of sp³-hybridized carbons (Fsp3) is 0.222. The zero-order valence-corrected chi connectivity index (χ0v) is 13.4. The number of carbonyl (C=O) groups excluding carboxylic acids is 2. The molecular weight excluding hydrogens is 308 g/mol. The normalized spacial score (nSPS) is 11.5. The van der Waals surface area contributed by atoms with Crippen molar-refractivity contribution < 1.29 is 19.2 Å². The third-order valence-corrected chi connectivity index (χ3v) is 3.26. The Morgan fingerprint density at radius 1 is 1.00 bits per heavy atom. The number of carbonyl (C=O) groups is 2. The van der Waals surface area contributed by atoms with Gasteiger partial charge in [-0.1, -0.05) is 48.5 Å². The molecule has 6 heteroatoms. The number of hydrogen-bond donors (Lipinski definition) is 2. The zero-order chi connectivity index (χ0) is 17.2. The molecule has 2 aromatic carbocycles. The van der Waals surface area contributed by atoms with E-state index in [1.807, 2.05) is 30.3 Å². The molecule has 0 saturated carbocycles. The van der Waals surface area contributed by atoms with Gasteiger partial charge in [0.25, 0.3) is 0 Å². The minimum Gasteiger partial charge on any atom is -0.382 e. The zero-order valence-electron chi connectivity index (χ0n) is 13.4. The Kier molecular flexibility index (Phi) is 6.94. The molecule has 0 saturated heterocycles. The smallest absolute Gasteiger partial charge is 0.356 e. The molecule has 0 radical (unpaired) electrons. The molecule has 126 valence electrons. The van der Waals surface area contributed by atoms with Crippen molar-refractivity contribution in [1.29, 1.82) is 0 Å². The molecule has 0 aliphatic heterocycles. The van der Waals surface area contributed by atoms with E-state index in [1.54, 1.807) is 30.3 Å². The first-order valence-corrected chi connectivity index (χ1v) is 7.53. The summed E-state index contributed by atoms with van der Waals surface area (Å²) in [5.74, 6) is -0.880. The third-order valence-electron chi connectivity index (χ3n) is 3.26. The van der Waals surface area contributed by atoms with Crippen LogP contribution >= 0.6 is 0 Å². The average Bonchev–Trinajstić information content (AvgIpc) is 2.64. The van der Waals surface area contributed by atoms with Crippen LogP contribution in [0.5, 0.6) is 0 Å². The van der Waals surface area contributed by atoms with Gasteiger partial charge in [0.2, 0.25) is 5.91 Å². The van der Waals surface area contributed by atoms with E-state index in [0.29, 0.717) is 12.1 Å². The first-order valence-electron chi connectivity index (χ1n) is 7.53. The van der Waals surface area contributed by atoms with Gasteiger partial charge in [0.15, 0.2) is 0 Å². The lowest BCUT2D eigenvalue weighted by atomic mass is 10.2. The van der Waals surface area contributed by atoms with Gasteiger partial charge in [-0.2, -0.15) is 0 Å². The molecule has 0 aromatic heterocycles. The lowest BCUT2D eigenvalue weighted by molar-refractivity contribution is -0.127. The number of methoxy groups -OCH3 is 1. The first-order chi connectivity index (χ1) is 11.7. The summed E-state index contributed by atoms with van der Waals surface area (Å²) in [5.41, 5.74) is 3.84. The van der Waals surface area contributed by atoms with E-state index in [9.17, 15) is 9.59 Å². The number of benzene rings is 2. The summed E-state index contributed by atoms with van der Waals surface area (Å²) in [6.07, 6.45) is 0. The molecule has 0 aliphatic rings. The van der Waals surface area contributed by atoms with Gasteiger partial charge >= 0.3 is 5.97 Å². The summed E-state index contributed by atoms with van der Waals surface area (Å²) < 4.78 is 5.00. The fourth-order valence-corrected chi connectivity index (χ4v) is 2.00. The molecule has 0 unspecified atom stereocenters. The van der Waals surface area contributed by atoms with Crippen LogP contribution < -0.4 is 10.8 Å². The highest BCUT2D eigenvalue weighted by Crippen LogP contribution is 2.01. The number of rotatable bonds is 8. The van der Waals surface area contributed by atoms with E-state index < -0.39 is 12.0 Å². The second kappa shape index (κ2) is 9.44. The van der Waals surface area contributed by atoms with Crippen LogP contribution in [0.3, 0.4) is 0 Å². The minimum absolute atomic E-state index is 0.0721. The van der Waals surface area contributed by atoms with Gasteiger partial charge in [0.1, 0.15) is 6.04 Å². The molecule has 2 N–H and O–H groups in total. The number of amides is 1. The predicted octanol–water partition coefficient (Wildman–Crippen LogP) is 1.68. The molecule has 1 atom stereocenters. The van der Waals surface area contributed by atoms with E-state index in [1.165, 1.54) is 7.11 Å². The molecule has 0 spiro atoms. The second-order valence-electron chi connectivity index (χ2n) is 5.08.